The van der Waals surface area contributed by atoms with Crippen molar-refractivity contribution in [2.24, 2.45) is 7.05 Å². The number of piperazine rings is 1. The summed E-state index contributed by atoms with van der Waals surface area (Å²) in [5.74, 6) is -1.21. The number of benzene rings is 1. The molecule has 1 fully saturated rings. The highest BCUT2D eigenvalue weighted by Crippen LogP contribution is 2.33. The van der Waals surface area contributed by atoms with Gasteiger partial charge in [0, 0.05) is 62.9 Å². The van der Waals surface area contributed by atoms with Crippen molar-refractivity contribution in [1.29, 1.82) is 0 Å². The Morgan fingerprint density at radius 3 is 2.46 bits per heavy atom. The molecule has 1 aliphatic heterocycles. The molecule has 0 radical (unpaired) electrons. The van der Waals surface area contributed by atoms with Crippen LogP contribution >= 0.6 is 0 Å². The number of pyridine rings is 1. The molecule has 39 heavy (non-hydrogen) atoms. The number of aryl methyl sites for hydroxylation is 2. The first-order chi connectivity index (χ1) is 18.4. The van der Waals surface area contributed by atoms with E-state index >= 15 is 4.39 Å². The Morgan fingerprint density at radius 2 is 1.79 bits per heavy atom. The zero-order valence-corrected chi connectivity index (χ0v) is 22.9. The Hall–Kier alpha value is -4.35. The number of nitrogens with one attached hydrogen (secondary N) is 1. The predicted octanol–water partition coefficient (Wildman–Crippen LogP) is 3.99. The number of nitrogens with zero attached hydrogens (tertiary/aromatic N) is 6. The summed E-state index contributed by atoms with van der Waals surface area (Å²) in [5.41, 5.74) is 2.15. The van der Waals surface area contributed by atoms with Gasteiger partial charge >= 0.3 is 6.09 Å². The van der Waals surface area contributed by atoms with Gasteiger partial charge in [-0.2, -0.15) is 9.49 Å². The average molecular weight is 538 g/mol. The molecule has 4 heterocycles. The molecule has 4 aromatic rings. The van der Waals surface area contributed by atoms with E-state index < -0.39 is 17.3 Å². The zero-order valence-electron chi connectivity index (χ0n) is 22.9. The zero-order chi connectivity index (χ0) is 28.1. The molecule has 1 aromatic carbocycles. The van der Waals surface area contributed by atoms with Crippen LogP contribution in [0.3, 0.4) is 0 Å². The Balaban J connectivity index is 1.40. The second kappa shape index (κ2) is 9.75. The summed E-state index contributed by atoms with van der Waals surface area (Å²) in [7, 11) is 3.13. The second-order valence-electron chi connectivity index (χ2n) is 10.6. The molecular weight excluding hydrogens is 505 g/mol. The molecule has 11 nitrogen and oxygen atoms in total. The summed E-state index contributed by atoms with van der Waals surface area (Å²) in [5, 5.41) is 8.14. The van der Waals surface area contributed by atoms with Crippen molar-refractivity contribution < 1.29 is 23.5 Å². The van der Waals surface area contributed by atoms with Gasteiger partial charge < -0.3 is 29.0 Å². The van der Waals surface area contributed by atoms with Crippen LogP contribution in [0, 0.1) is 12.7 Å². The molecule has 1 aliphatic rings. The van der Waals surface area contributed by atoms with Crippen molar-refractivity contribution >= 4 is 39.9 Å². The molecule has 1 N–H and O–H groups in total. The van der Waals surface area contributed by atoms with Crippen molar-refractivity contribution in [2.45, 2.75) is 33.3 Å². The fraction of sp³-hybridized carbons (Fsp3) is 0.407. The molecule has 3 aromatic heterocycles. The summed E-state index contributed by atoms with van der Waals surface area (Å²) in [6.07, 6.45) is 4.78. The number of rotatable bonds is 4. The lowest BCUT2D eigenvalue weighted by Crippen LogP contribution is -2.50. The van der Waals surface area contributed by atoms with Gasteiger partial charge in [-0.15, -0.1) is 0 Å². The molecule has 0 saturated carbocycles. The Morgan fingerprint density at radius 1 is 1.08 bits per heavy atom. The number of carbonyl (C=O) groups excluding carboxylic acids is 2. The van der Waals surface area contributed by atoms with E-state index in [1.807, 2.05) is 33.0 Å². The predicted molar refractivity (Wildman–Crippen MR) is 145 cm³/mol. The number of methoxy groups -OCH3 is 1. The fourth-order valence-corrected chi connectivity index (χ4v) is 4.79. The number of hydrogen-bond donors (Lipinski definition) is 1. The van der Waals surface area contributed by atoms with E-state index in [-0.39, 0.29) is 23.2 Å². The maximum Gasteiger partial charge on any atom is 0.410 e. The first kappa shape index (κ1) is 26.3. The van der Waals surface area contributed by atoms with Crippen LogP contribution in [0.15, 0.2) is 30.7 Å². The number of carbonyl (C=O) groups is 2. The first-order valence-electron chi connectivity index (χ1n) is 12.7. The van der Waals surface area contributed by atoms with Crippen LogP contribution in [0.5, 0.6) is 5.75 Å². The Bertz CT molecular complexity index is 1580. The minimum atomic E-state index is -0.660. The minimum absolute atomic E-state index is 0.0989. The van der Waals surface area contributed by atoms with Gasteiger partial charge in [0.2, 0.25) is 5.82 Å². The number of anilines is 2. The monoisotopic (exact) mass is 537 g/mol. The normalized spacial score (nSPS) is 14.2. The van der Waals surface area contributed by atoms with Crippen molar-refractivity contribution in [2.75, 3.05) is 43.5 Å². The van der Waals surface area contributed by atoms with Gasteiger partial charge in [-0.1, -0.05) is 0 Å². The maximum absolute atomic E-state index is 15.1. The molecule has 0 unspecified atom stereocenters. The van der Waals surface area contributed by atoms with E-state index in [1.54, 1.807) is 42.0 Å². The summed E-state index contributed by atoms with van der Waals surface area (Å²) in [4.78, 5) is 34.0. The van der Waals surface area contributed by atoms with E-state index in [1.165, 1.54) is 11.5 Å². The third-order valence-electron chi connectivity index (χ3n) is 6.50. The molecule has 2 amide bonds. The second-order valence-corrected chi connectivity index (χ2v) is 10.6. The SMILES string of the molecule is COc1c(NC(=O)c2ccc(N3CCN(C(=O)OC(C)(C)C)CC3)c3cn(C)nc23)cn2cc(C)nc2c1F. The quantitative estimate of drug-likeness (QED) is 0.420. The van der Waals surface area contributed by atoms with Gasteiger partial charge in [0.1, 0.15) is 16.8 Å². The molecule has 0 spiro atoms. The van der Waals surface area contributed by atoms with Gasteiger partial charge in [0.05, 0.1) is 18.4 Å². The van der Waals surface area contributed by atoms with Gasteiger partial charge in [-0.05, 0) is 39.8 Å². The lowest BCUT2D eigenvalue weighted by molar-refractivity contribution is 0.0240. The fourth-order valence-electron chi connectivity index (χ4n) is 4.79. The van der Waals surface area contributed by atoms with Gasteiger partial charge in [-0.25, -0.2) is 9.78 Å². The summed E-state index contributed by atoms with van der Waals surface area (Å²) >= 11 is 0. The van der Waals surface area contributed by atoms with Crippen LogP contribution in [0.4, 0.5) is 20.6 Å². The van der Waals surface area contributed by atoms with Crippen molar-refractivity contribution in [3.05, 3.63) is 47.8 Å². The number of hydrogen-bond acceptors (Lipinski definition) is 7. The third-order valence-corrected chi connectivity index (χ3v) is 6.50. The highest BCUT2D eigenvalue weighted by Gasteiger charge is 2.28. The van der Waals surface area contributed by atoms with Crippen molar-refractivity contribution in [1.82, 2.24) is 24.1 Å². The van der Waals surface area contributed by atoms with Crippen molar-refractivity contribution in [3.63, 3.8) is 0 Å². The van der Waals surface area contributed by atoms with Gasteiger partial charge in [-0.3, -0.25) is 9.48 Å². The van der Waals surface area contributed by atoms with Crippen LogP contribution in [-0.4, -0.2) is 75.0 Å². The number of halogens is 1. The molecule has 5 rings (SSSR count). The minimum Gasteiger partial charge on any atom is -0.491 e. The number of aromatic nitrogens is 4. The molecular formula is C27H32FN7O4. The van der Waals surface area contributed by atoms with Crippen LogP contribution in [0.25, 0.3) is 16.6 Å². The highest BCUT2D eigenvalue weighted by molar-refractivity contribution is 6.14. The summed E-state index contributed by atoms with van der Waals surface area (Å²) < 4.78 is 29.0. The van der Waals surface area contributed by atoms with E-state index in [0.29, 0.717) is 43.0 Å². The molecule has 1 saturated heterocycles. The van der Waals surface area contributed by atoms with Crippen LogP contribution < -0.4 is 15.0 Å². The third kappa shape index (κ3) is 5.06. The average Bonchev–Trinajstić information content (AvgIpc) is 3.44. The maximum atomic E-state index is 15.1. The first-order valence-corrected chi connectivity index (χ1v) is 12.7. The lowest BCUT2D eigenvalue weighted by atomic mass is 10.1. The number of imidazole rings is 1. The Labute approximate surface area is 225 Å². The molecule has 12 heteroatoms. The van der Waals surface area contributed by atoms with Crippen molar-refractivity contribution in [3.8, 4) is 5.75 Å². The van der Waals surface area contributed by atoms with E-state index in [0.717, 1.165) is 11.1 Å². The van der Waals surface area contributed by atoms with E-state index in [9.17, 15) is 9.59 Å². The van der Waals surface area contributed by atoms with Crippen LogP contribution in [0.2, 0.25) is 0 Å². The van der Waals surface area contributed by atoms with Crippen LogP contribution in [0.1, 0.15) is 36.8 Å². The topological polar surface area (TPSA) is 106 Å². The highest BCUT2D eigenvalue weighted by atomic mass is 19.1. The summed E-state index contributed by atoms with van der Waals surface area (Å²) in [6.45, 7) is 9.55. The number of ether oxygens (including phenoxy) is 2. The molecule has 0 aliphatic carbocycles. The lowest BCUT2D eigenvalue weighted by Gasteiger charge is -2.37. The summed E-state index contributed by atoms with van der Waals surface area (Å²) in [6, 6.07) is 3.59. The molecule has 0 atom stereocenters. The van der Waals surface area contributed by atoms with E-state index in [2.05, 4.69) is 20.3 Å². The van der Waals surface area contributed by atoms with Crippen LogP contribution in [-0.2, 0) is 11.8 Å². The standard InChI is InChI=1S/C27H32FN7O4/c1-16-13-35-15-19(23(38-6)21(28)24(35)29-16)30-25(36)17-7-8-20(18-14-32(5)31-22(17)18)33-9-11-34(12-10-33)26(37)39-27(2,3)4/h7-8,13-15H,9-12H2,1-6H3,(H,30,36). The molecule has 0 bridgehead atoms. The smallest absolute Gasteiger partial charge is 0.410 e. The van der Waals surface area contributed by atoms with Gasteiger partial charge in [0.15, 0.2) is 11.4 Å². The number of fused-ring (bicyclic) bond motifs is 2. The largest absolute Gasteiger partial charge is 0.491 e. The van der Waals surface area contributed by atoms with E-state index in [4.69, 9.17) is 9.47 Å². The van der Waals surface area contributed by atoms with Gasteiger partial charge in [0.25, 0.3) is 5.91 Å². The Kier molecular flexibility index (Phi) is 6.57. The molecule has 206 valence electrons. The number of amides is 2.